The zero-order valence-corrected chi connectivity index (χ0v) is 22.7. The van der Waals surface area contributed by atoms with Crippen molar-refractivity contribution in [3.8, 4) is 0 Å². The molecular weight excluding hydrogens is 462 g/mol. The standard InChI is InChI=1S/C33H42F2N2/c1-33(2,3)29-14-8-26(9-15-29)25-37-23-21-36(22-24-37)20-6-4-5-7-32(27-10-16-30(34)17-11-27)28-12-18-31(35)19-13-28/h8-19,32H,4-7,20-25H2,1-3H3. The van der Waals surface area contributed by atoms with Gasteiger partial charge in [0.2, 0.25) is 0 Å². The molecule has 0 bridgehead atoms. The fourth-order valence-electron chi connectivity index (χ4n) is 5.32. The molecule has 0 amide bonds. The predicted molar refractivity (Wildman–Crippen MR) is 150 cm³/mol. The van der Waals surface area contributed by atoms with E-state index in [0.717, 1.165) is 63.2 Å². The van der Waals surface area contributed by atoms with E-state index in [1.54, 1.807) is 0 Å². The van der Waals surface area contributed by atoms with Crippen molar-refractivity contribution in [3.63, 3.8) is 0 Å². The van der Waals surface area contributed by atoms with E-state index in [9.17, 15) is 8.78 Å². The normalized spacial score (nSPS) is 15.4. The van der Waals surface area contributed by atoms with Crippen LogP contribution in [-0.2, 0) is 12.0 Å². The molecule has 4 heteroatoms. The van der Waals surface area contributed by atoms with Crippen molar-refractivity contribution in [3.05, 3.63) is 107 Å². The van der Waals surface area contributed by atoms with Crippen LogP contribution in [0.15, 0.2) is 72.8 Å². The van der Waals surface area contributed by atoms with Gasteiger partial charge in [-0.15, -0.1) is 0 Å². The third kappa shape index (κ3) is 8.21. The van der Waals surface area contributed by atoms with Crippen LogP contribution in [-0.4, -0.2) is 42.5 Å². The zero-order valence-electron chi connectivity index (χ0n) is 22.7. The van der Waals surface area contributed by atoms with Crippen LogP contribution in [0.25, 0.3) is 0 Å². The summed E-state index contributed by atoms with van der Waals surface area (Å²) in [5, 5.41) is 0. The summed E-state index contributed by atoms with van der Waals surface area (Å²) in [7, 11) is 0. The van der Waals surface area contributed by atoms with Crippen LogP contribution in [0.5, 0.6) is 0 Å². The van der Waals surface area contributed by atoms with Gasteiger partial charge >= 0.3 is 0 Å². The Morgan fingerprint density at radius 1 is 0.649 bits per heavy atom. The topological polar surface area (TPSA) is 6.48 Å². The van der Waals surface area contributed by atoms with E-state index in [-0.39, 0.29) is 23.0 Å². The monoisotopic (exact) mass is 504 g/mol. The molecule has 1 aliphatic rings. The molecule has 3 aromatic rings. The van der Waals surface area contributed by atoms with E-state index < -0.39 is 0 Å². The highest BCUT2D eigenvalue weighted by Gasteiger charge is 2.18. The summed E-state index contributed by atoms with van der Waals surface area (Å²) >= 11 is 0. The Balaban J connectivity index is 1.18. The Labute approximate surface area is 222 Å². The Kier molecular flexibility index (Phi) is 9.50. The number of nitrogens with zero attached hydrogens (tertiary/aromatic N) is 2. The van der Waals surface area contributed by atoms with Gasteiger partial charge in [0, 0.05) is 38.6 Å². The number of benzene rings is 3. The van der Waals surface area contributed by atoms with Gasteiger partial charge in [0.05, 0.1) is 0 Å². The van der Waals surface area contributed by atoms with Gasteiger partial charge in [0.15, 0.2) is 0 Å². The molecule has 4 rings (SSSR count). The van der Waals surface area contributed by atoms with E-state index in [0.29, 0.717) is 0 Å². The molecule has 0 unspecified atom stereocenters. The van der Waals surface area contributed by atoms with Gasteiger partial charge in [0.25, 0.3) is 0 Å². The highest BCUT2D eigenvalue weighted by molar-refractivity contribution is 5.33. The van der Waals surface area contributed by atoms with Gasteiger partial charge in [-0.05, 0) is 71.3 Å². The summed E-state index contributed by atoms with van der Waals surface area (Å²) in [5.41, 5.74) is 5.18. The first kappa shape index (κ1) is 27.5. The molecule has 198 valence electrons. The lowest BCUT2D eigenvalue weighted by Crippen LogP contribution is -2.46. The van der Waals surface area contributed by atoms with Crippen LogP contribution in [0.2, 0.25) is 0 Å². The Hall–Kier alpha value is -2.56. The Morgan fingerprint density at radius 2 is 1.16 bits per heavy atom. The Bertz CT molecular complexity index is 1030. The van der Waals surface area contributed by atoms with E-state index in [1.165, 1.54) is 48.2 Å². The molecule has 0 N–H and O–H groups in total. The highest BCUT2D eigenvalue weighted by atomic mass is 19.1. The SMILES string of the molecule is CC(C)(C)c1ccc(CN2CCN(CCCCCC(c3ccc(F)cc3)c3ccc(F)cc3)CC2)cc1. The summed E-state index contributed by atoms with van der Waals surface area (Å²) in [6.45, 7) is 13.5. The number of rotatable bonds is 10. The molecule has 0 aromatic heterocycles. The maximum Gasteiger partial charge on any atom is 0.123 e. The summed E-state index contributed by atoms with van der Waals surface area (Å²) in [6.07, 6.45) is 4.44. The zero-order chi connectivity index (χ0) is 26.3. The largest absolute Gasteiger partial charge is 0.301 e. The fraction of sp³-hybridized carbons (Fsp3) is 0.455. The predicted octanol–water partition coefficient (Wildman–Crippen LogP) is 7.77. The van der Waals surface area contributed by atoms with Crippen molar-refractivity contribution in [2.45, 2.75) is 64.3 Å². The molecule has 0 spiro atoms. The second kappa shape index (κ2) is 12.8. The van der Waals surface area contributed by atoms with Crippen molar-refractivity contribution in [1.82, 2.24) is 9.80 Å². The molecule has 1 fully saturated rings. The lowest BCUT2D eigenvalue weighted by atomic mass is 9.87. The maximum atomic E-state index is 13.5. The van der Waals surface area contributed by atoms with Crippen molar-refractivity contribution >= 4 is 0 Å². The summed E-state index contributed by atoms with van der Waals surface area (Å²) < 4.78 is 26.9. The van der Waals surface area contributed by atoms with Crippen LogP contribution in [0.1, 0.15) is 74.6 Å². The molecule has 0 radical (unpaired) electrons. The molecule has 2 nitrogen and oxygen atoms in total. The third-order valence-corrected chi connectivity index (χ3v) is 7.70. The van der Waals surface area contributed by atoms with Gasteiger partial charge in [-0.1, -0.05) is 82.1 Å². The van der Waals surface area contributed by atoms with E-state index in [1.807, 2.05) is 24.3 Å². The molecule has 37 heavy (non-hydrogen) atoms. The number of piperazine rings is 1. The van der Waals surface area contributed by atoms with Gasteiger partial charge < -0.3 is 4.90 Å². The summed E-state index contributed by atoms with van der Waals surface area (Å²) in [6, 6.07) is 22.7. The minimum absolute atomic E-state index is 0.169. The smallest absolute Gasteiger partial charge is 0.123 e. The van der Waals surface area contributed by atoms with Crippen molar-refractivity contribution in [2.75, 3.05) is 32.7 Å². The molecule has 1 heterocycles. The van der Waals surface area contributed by atoms with Crippen LogP contribution < -0.4 is 0 Å². The molecule has 0 aliphatic carbocycles. The van der Waals surface area contributed by atoms with Crippen LogP contribution in [0, 0.1) is 11.6 Å². The third-order valence-electron chi connectivity index (χ3n) is 7.70. The molecule has 0 saturated carbocycles. The number of hydrogen-bond donors (Lipinski definition) is 0. The summed E-state index contributed by atoms with van der Waals surface area (Å²) in [5.74, 6) is -0.275. The fourth-order valence-corrected chi connectivity index (χ4v) is 5.32. The number of hydrogen-bond acceptors (Lipinski definition) is 2. The lowest BCUT2D eigenvalue weighted by molar-refractivity contribution is 0.125. The van der Waals surface area contributed by atoms with Crippen LogP contribution in [0.3, 0.4) is 0 Å². The van der Waals surface area contributed by atoms with Gasteiger partial charge in [0.1, 0.15) is 11.6 Å². The van der Waals surface area contributed by atoms with Crippen molar-refractivity contribution < 1.29 is 8.78 Å². The first-order chi connectivity index (χ1) is 17.8. The Morgan fingerprint density at radius 3 is 1.68 bits per heavy atom. The van der Waals surface area contributed by atoms with E-state index in [4.69, 9.17) is 0 Å². The van der Waals surface area contributed by atoms with Crippen molar-refractivity contribution in [1.29, 1.82) is 0 Å². The van der Waals surface area contributed by atoms with Gasteiger partial charge in [-0.3, -0.25) is 4.90 Å². The second-order valence-electron chi connectivity index (χ2n) is 11.6. The minimum atomic E-state index is -0.222. The number of halogens is 2. The van der Waals surface area contributed by atoms with Crippen LogP contribution in [0.4, 0.5) is 8.78 Å². The quantitative estimate of drug-likeness (QED) is 0.260. The molecule has 1 aliphatic heterocycles. The first-order valence-electron chi connectivity index (χ1n) is 13.8. The number of unbranched alkanes of at least 4 members (excludes halogenated alkanes) is 2. The summed E-state index contributed by atoms with van der Waals surface area (Å²) in [4.78, 5) is 5.16. The average molecular weight is 505 g/mol. The minimum Gasteiger partial charge on any atom is -0.301 e. The lowest BCUT2D eigenvalue weighted by Gasteiger charge is -2.34. The second-order valence-corrected chi connectivity index (χ2v) is 11.6. The molecule has 3 aromatic carbocycles. The van der Waals surface area contributed by atoms with Gasteiger partial charge in [-0.2, -0.15) is 0 Å². The van der Waals surface area contributed by atoms with Crippen LogP contribution >= 0.6 is 0 Å². The highest BCUT2D eigenvalue weighted by Crippen LogP contribution is 2.30. The van der Waals surface area contributed by atoms with E-state index in [2.05, 4.69) is 54.8 Å². The molecular formula is C33H42F2N2. The molecule has 0 atom stereocenters. The van der Waals surface area contributed by atoms with E-state index >= 15 is 0 Å². The first-order valence-corrected chi connectivity index (χ1v) is 13.8. The van der Waals surface area contributed by atoms with Gasteiger partial charge in [-0.25, -0.2) is 8.78 Å². The van der Waals surface area contributed by atoms with Crippen molar-refractivity contribution in [2.24, 2.45) is 0 Å². The average Bonchev–Trinajstić information content (AvgIpc) is 2.88. The maximum absolute atomic E-state index is 13.5. The molecule has 1 saturated heterocycles.